The van der Waals surface area contributed by atoms with Crippen LogP contribution in [0.2, 0.25) is 0 Å². The highest BCUT2D eigenvalue weighted by atomic mass is 16.5. The normalized spacial score (nSPS) is 34.2. The lowest BCUT2D eigenvalue weighted by Crippen LogP contribution is -2.45. The van der Waals surface area contributed by atoms with E-state index in [9.17, 15) is 4.79 Å². The van der Waals surface area contributed by atoms with Gasteiger partial charge in [0.1, 0.15) is 5.60 Å². The SMILES string of the molecule is COC1(C(=O)C2=CCCCC2)CCCC(C)C1. The maximum Gasteiger partial charge on any atom is 0.190 e. The van der Waals surface area contributed by atoms with Gasteiger partial charge < -0.3 is 4.74 Å². The first-order valence-corrected chi connectivity index (χ1v) is 6.97. The average Bonchev–Trinajstić information content (AvgIpc) is 2.38. The van der Waals surface area contributed by atoms with Crippen LogP contribution in [0.4, 0.5) is 0 Å². The quantitative estimate of drug-likeness (QED) is 0.747. The van der Waals surface area contributed by atoms with Crippen molar-refractivity contribution in [2.75, 3.05) is 7.11 Å². The maximum atomic E-state index is 12.7. The predicted molar refractivity (Wildman–Crippen MR) is 68.9 cm³/mol. The molecule has 2 nitrogen and oxygen atoms in total. The minimum atomic E-state index is -0.499. The van der Waals surface area contributed by atoms with Crippen LogP contribution in [-0.2, 0) is 9.53 Å². The van der Waals surface area contributed by atoms with Gasteiger partial charge in [-0.3, -0.25) is 4.79 Å². The van der Waals surface area contributed by atoms with Crippen molar-refractivity contribution in [3.63, 3.8) is 0 Å². The van der Waals surface area contributed by atoms with Crippen molar-refractivity contribution < 1.29 is 9.53 Å². The summed E-state index contributed by atoms with van der Waals surface area (Å²) in [6, 6.07) is 0. The molecule has 2 aliphatic carbocycles. The molecule has 0 aliphatic heterocycles. The number of methoxy groups -OCH3 is 1. The second kappa shape index (κ2) is 5.34. The Bertz CT molecular complexity index is 319. The largest absolute Gasteiger partial charge is 0.370 e. The molecule has 1 fully saturated rings. The van der Waals surface area contributed by atoms with Gasteiger partial charge in [0.15, 0.2) is 5.78 Å². The fraction of sp³-hybridized carbons (Fsp3) is 0.800. The fourth-order valence-corrected chi connectivity index (χ4v) is 3.32. The number of hydrogen-bond acceptors (Lipinski definition) is 2. The average molecular weight is 236 g/mol. The summed E-state index contributed by atoms with van der Waals surface area (Å²) in [6.07, 6.45) is 10.7. The molecule has 0 aromatic carbocycles. The predicted octanol–water partition coefficient (Wildman–Crippen LogP) is 3.65. The van der Waals surface area contributed by atoms with Gasteiger partial charge in [0.05, 0.1) is 0 Å². The van der Waals surface area contributed by atoms with E-state index in [2.05, 4.69) is 13.0 Å². The number of ketones is 1. The van der Waals surface area contributed by atoms with E-state index in [0.717, 1.165) is 44.1 Å². The summed E-state index contributed by atoms with van der Waals surface area (Å²) in [5, 5.41) is 0. The lowest BCUT2D eigenvalue weighted by atomic mass is 9.73. The van der Waals surface area contributed by atoms with Gasteiger partial charge in [0, 0.05) is 7.11 Å². The monoisotopic (exact) mass is 236 g/mol. The minimum Gasteiger partial charge on any atom is -0.370 e. The second-order valence-electron chi connectivity index (χ2n) is 5.70. The molecule has 2 unspecified atom stereocenters. The first-order valence-electron chi connectivity index (χ1n) is 6.97. The van der Waals surface area contributed by atoms with Crippen LogP contribution in [0.5, 0.6) is 0 Å². The molecule has 96 valence electrons. The van der Waals surface area contributed by atoms with Crippen LogP contribution in [0.3, 0.4) is 0 Å². The molecule has 0 saturated heterocycles. The molecule has 2 rings (SSSR count). The van der Waals surface area contributed by atoms with Crippen molar-refractivity contribution in [2.45, 2.75) is 63.9 Å². The molecule has 1 saturated carbocycles. The Morgan fingerprint density at radius 2 is 2.24 bits per heavy atom. The number of Topliss-reactive ketones (excluding diaryl/α,β-unsaturated/α-hetero) is 1. The molecular formula is C15H24O2. The number of carbonyl (C=O) groups is 1. The van der Waals surface area contributed by atoms with Gasteiger partial charge in [-0.15, -0.1) is 0 Å². The van der Waals surface area contributed by atoms with E-state index in [1.165, 1.54) is 12.8 Å². The van der Waals surface area contributed by atoms with Gasteiger partial charge in [-0.1, -0.05) is 19.4 Å². The Morgan fingerprint density at radius 1 is 1.41 bits per heavy atom. The van der Waals surface area contributed by atoms with Crippen LogP contribution in [0.1, 0.15) is 58.3 Å². The zero-order valence-electron chi connectivity index (χ0n) is 11.1. The summed E-state index contributed by atoms with van der Waals surface area (Å²) >= 11 is 0. The highest BCUT2D eigenvalue weighted by molar-refractivity contribution is 6.02. The first-order chi connectivity index (χ1) is 8.18. The third-order valence-electron chi connectivity index (χ3n) is 4.34. The Kier molecular flexibility index (Phi) is 4.03. The van der Waals surface area contributed by atoms with Gasteiger partial charge in [-0.2, -0.15) is 0 Å². The van der Waals surface area contributed by atoms with Gasteiger partial charge in [-0.05, 0) is 56.4 Å². The molecule has 0 heterocycles. The van der Waals surface area contributed by atoms with Gasteiger partial charge in [0.25, 0.3) is 0 Å². The molecule has 0 aromatic rings. The molecule has 2 aliphatic rings. The van der Waals surface area contributed by atoms with Gasteiger partial charge in [0.2, 0.25) is 0 Å². The topological polar surface area (TPSA) is 26.3 Å². The Morgan fingerprint density at radius 3 is 2.82 bits per heavy atom. The van der Waals surface area contributed by atoms with E-state index in [0.29, 0.717) is 5.92 Å². The fourth-order valence-electron chi connectivity index (χ4n) is 3.32. The Hall–Kier alpha value is -0.630. The van der Waals surface area contributed by atoms with E-state index in [1.807, 2.05) is 0 Å². The molecule has 0 spiro atoms. The number of ether oxygens (including phenoxy) is 1. The molecule has 17 heavy (non-hydrogen) atoms. The van der Waals surface area contributed by atoms with E-state index < -0.39 is 5.60 Å². The lowest BCUT2D eigenvalue weighted by Gasteiger charge is -2.38. The summed E-state index contributed by atoms with van der Waals surface area (Å²) in [4.78, 5) is 12.7. The summed E-state index contributed by atoms with van der Waals surface area (Å²) in [6.45, 7) is 2.23. The van der Waals surface area contributed by atoms with Crippen LogP contribution >= 0.6 is 0 Å². The molecule has 2 atom stereocenters. The van der Waals surface area contributed by atoms with Crippen molar-refractivity contribution in [2.24, 2.45) is 5.92 Å². The van der Waals surface area contributed by atoms with E-state index in [4.69, 9.17) is 4.74 Å². The Labute approximate surface area is 104 Å². The Balaban J connectivity index is 2.16. The van der Waals surface area contributed by atoms with Crippen LogP contribution in [0.25, 0.3) is 0 Å². The molecule has 0 N–H and O–H groups in total. The van der Waals surface area contributed by atoms with Crippen molar-refractivity contribution in [3.05, 3.63) is 11.6 Å². The molecule has 0 aromatic heterocycles. The standard InChI is InChI=1S/C15H24O2/c1-12-7-6-10-15(11-12,17-2)14(16)13-8-4-3-5-9-13/h8,12H,3-7,9-11H2,1-2H3. The molecule has 0 amide bonds. The number of allylic oxidation sites excluding steroid dienone is 1. The lowest BCUT2D eigenvalue weighted by molar-refractivity contribution is -0.143. The zero-order chi connectivity index (χ0) is 12.3. The summed E-state index contributed by atoms with van der Waals surface area (Å²) < 4.78 is 5.67. The van der Waals surface area contributed by atoms with Gasteiger partial charge in [-0.25, -0.2) is 0 Å². The molecular weight excluding hydrogens is 212 g/mol. The smallest absolute Gasteiger partial charge is 0.190 e. The summed E-state index contributed by atoms with van der Waals surface area (Å²) in [7, 11) is 1.71. The molecule has 0 bridgehead atoms. The number of carbonyl (C=O) groups excluding carboxylic acids is 1. The number of rotatable bonds is 3. The molecule has 0 radical (unpaired) electrons. The third-order valence-corrected chi connectivity index (χ3v) is 4.34. The van der Waals surface area contributed by atoms with Gasteiger partial charge >= 0.3 is 0 Å². The first kappa shape index (κ1) is 12.8. The summed E-state index contributed by atoms with van der Waals surface area (Å²) in [5.41, 5.74) is 0.535. The zero-order valence-corrected chi connectivity index (χ0v) is 11.1. The van der Waals surface area contributed by atoms with E-state index in [-0.39, 0.29) is 5.78 Å². The van der Waals surface area contributed by atoms with Crippen LogP contribution < -0.4 is 0 Å². The number of hydrogen-bond donors (Lipinski definition) is 0. The third kappa shape index (κ3) is 2.62. The maximum absolute atomic E-state index is 12.7. The minimum absolute atomic E-state index is 0.284. The van der Waals surface area contributed by atoms with Crippen LogP contribution in [-0.4, -0.2) is 18.5 Å². The van der Waals surface area contributed by atoms with Crippen LogP contribution in [0, 0.1) is 5.92 Å². The highest BCUT2D eigenvalue weighted by Crippen LogP contribution is 2.38. The van der Waals surface area contributed by atoms with Crippen molar-refractivity contribution in [1.82, 2.24) is 0 Å². The second-order valence-corrected chi connectivity index (χ2v) is 5.70. The summed E-state index contributed by atoms with van der Waals surface area (Å²) in [5.74, 6) is 0.892. The highest BCUT2D eigenvalue weighted by Gasteiger charge is 2.42. The van der Waals surface area contributed by atoms with Crippen molar-refractivity contribution >= 4 is 5.78 Å². The van der Waals surface area contributed by atoms with Crippen LogP contribution in [0.15, 0.2) is 11.6 Å². The van der Waals surface area contributed by atoms with Crippen molar-refractivity contribution in [3.8, 4) is 0 Å². The van der Waals surface area contributed by atoms with E-state index >= 15 is 0 Å². The van der Waals surface area contributed by atoms with E-state index in [1.54, 1.807) is 7.11 Å². The molecule has 2 heteroatoms. The van der Waals surface area contributed by atoms with Crippen molar-refractivity contribution in [1.29, 1.82) is 0 Å².